The molecule has 2 N–H and O–H groups in total. The van der Waals surface area contributed by atoms with Crippen molar-refractivity contribution in [3.63, 3.8) is 0 Å². The van der Waals surface area contributed by atoms with Crippen LogP contribution < -0.4 is 10.4 Å². The van der Waals surface area contributed by atoms with Crippen LogP contribution in [0.3, 0.4) is 0 Å². The van der Waals surface area contributed by atoms with Crippen LogP contribution in [0.4, 0.5) is 11.4 Å². The first-order valence-corrected chi connectivity index (χ1v) is 3.44. The van der Waals surface area contributed by atoms with E-state index in [0.29, 0.717) is 5.46 Å². The Kier molecular flexibility index (Phi) is 1.22. The third-order valence-electron chi connectivity index (χ3n) is 1.97. The smallest absolute Gasteiger partial charge is 0.423 e. The lowest BCUT2D eigenvalue weighted by molar-refractivity contribution is 0.426. The van der Waals surface area contributed by atoms with E-state index in [4.69, 9.17) is 10.0 Å². The molecule has 0 bridgehead atoms. The molecule has 0 spiro atoms. The van der Waals surface area contributed by atoms with Gasteiger partial charge < -0.3 is 14.9 Å². The van der Waals surface area contributed by atoms with Crippen LogP contribution in [0.25, 0.3) is 0 Å². The molecule has 0 saturated heterocycles. The van der Waals surface area contributed by atoms with Crippen molar-refractivity contribution in [1.29, 1.82) is 0 Å². The standard InChI is InChI=1S/C7H8BNO2/c1-9-6-3-2-5(8(10)11)4-7(6)9/h2-4,10-11H,1H3. The van der Waals surface area contributed by atoms with Crippen LogP contribution >= 0.6 is 0 Å². The molecule has 56 valence electrons. The maximum absolute atomic E-state index is 8.79. The summed E-state index contributed by atoms with van der Waals surface area (Å²) in [5.41, 5.74) is 2.79. The van der Waals surface area contributed by atoms with Gasteiger partial charge in [0.15, 0.2) is 0 Å². The number of nitrogens with zero attached hydrogens (tertiary/aromatic N) is 1. The van der Waals surface area contributed by atoms with Gasteiger partial charge in [-0.15, -0.1) is 0 Å². The third kappa shape index (κ3) is 0.913. The second kappa shape index (κ2) is 2.00. The molecule has 0 amide bonds. The second-order valence-electron chi connectivity index (χ2n) is 2.68. The van der Waals surface area contributed by atoms with Gasteiger partial charge in [0.05, 0.1) is 11.4 Å². The lowest BCUT2D eigenvalue weighted by Gasteiger charge is -1.93. The van der Waals surface area contributed by atoms with Crippen LogP contribution in [-0.4, -0.2) is 24.2 Å². The predicted molar refractivity (Wildman–Crippen MR) is 44.3 cm³/mol. The van der Waals surface area contributed by atoms with Gasteiger partial charge in [0.25, 0.3) is 0 Å². The van der Waals surface area contributed by atoms with Gasteiger partial charge >= 0.3 is 7.12 Å². The summed E-state index contributed by atoms with van der Waals surface area (Å²) in [7, 11) is 0.590. The molecule has 0 aliphatic carbocycles. The highest BCUT2D eigenvalue weighted by atomic mass is 16.4. The van der Waals surface area contributed by atoms with Crippen LogP contribution in [-0.2, 0) is 0 Å². The van der Waals surface area contributed by atoms with Crippen molar-refractivity contribution in [2.45, 2.75) is 0 Å². The minimum Gasteiger partial charge on any atom is -0.423 e. The van der Waals surface area contributed by atoms with Gasteiger partial charge in [0.2, 0.25) is 0 Å². The van der Waals surface area contributed by atoms with Crippen molar-refractivity contribution in [3.05, 3.63) is 18.2 Å². The van der Waals surface area contributed by atoms with E-state index >= 15 is 0 Å². The van der Waals surface area contributed by atoms with Crippen LogP contribution in [0.5, 0.6) is 0 Å². The zero-order valence-corrected chi connectivity index (χ0v) is 6.15. The van der Waals surface area contributed by atoms with Crippen molar-refractivity contribution in [2.75, 3.05) is 11.9 Å². The Balaban J connectivity index is 2.36. The lowest BCUT2D eigenvalue weighted by Crippen LogP contribution is -2.28. The molecule has 0 atom stereocenters. The van der Waals surface area contributed by atoms with Gasteiger partial charge in [-0.3, -0.25) is 0 Å². The SMILES string of the molecule is CN1c2ccc(B(O)O)cc21. The molecule has 1 aromatic carbocycles. The van der Waals surface area contributed by atoms with Crippen LogP contribution in [0.15, 0.2) is 18.2 Å². The van der Waals surface area contributed by atoms with Gasteiger partial charge in [-0.1, -0.05) is 6.07 Å². The normalized spacial score (nSPS) is 12.8. The quantitative estimate of drug-likeness (QED) is 0.415. The summed E-state index contributed by atoms with van der Waals surface area (Å²) in [5, 5.41) is 17.6. The minimum absolute atomic E-state index is 0.549. The Morgan fingerprint density at radius 3 is 2.55 bits per heavy atom. The van der Waals surface area contributed by atoms with Gasteiger partial charge in [-0.2, -0.15) is 0 Å². The van der Waals surface area contributed by atoms with Gasteiger partial charge in [0, 0.05) is 7.05 Å². The number of benzene rings is 1. The van der Waals surface area contributed by atoms with E-state index in [2.05, 4.69) is 0 Å². The molecule has 0 radical (unpaired) electrons. The monoisotopic (exact) mass is 149 g/mol. The summed E-state index contributed by atoms with van der Waals surface area (Å²) < 4.78 is 0. The molecule has 2 rings (SSSR count). The number of hydrogen-bond acceptors (Lipinski definition) is 3. The summed E-state index contributed by atoms with van der Waals surface area (Å²) >= 11 is 0. The summed E-state index contributed by atoms with van der Waals surface area (Å²) in [5.74, 6) is 0. The number of rotatable bonds is 1. The molecule has 1 aromatic rings. The van der Waals surface area contributed by atoms with E-state index in [-0.39, 0.29) is 0 Å². The van der Waals surface area contributed by atoms with Gasteiger partial charge in [-0.05, 0) is 17.6 Å². The second-order valence-corrected chi connectivity index (χ2v) is 2.68. The zero-order chi connectivity index (χ0) is 8.01. The minimum atomic E-state index is -1.35. The van der Waals surface area contributed by atoms with Gasteiger partial charge in [-0.25, -0.2) is 0 Å². The maximum atomic E-state index is 8.79. The summed E-state index contributed by atoms with van der Waals surface area (Å²) in [6, 6.07) is 5.37. The van der Waals surface area contributed by atoms with Crippen molar-refractivity contribution in [3.8, 4) is 0 Å². The number of anilines is 2. The highest BCUT2D eigenvalue weighted by Gasteiger charge is 2.26. The maximum Gasteiger partial charge on any atom is 0.488 e. The Labute approximate surface area is 65.0 Å². The largest absolute Gasteiger partial charge is 0.488 e. The van der Waals surface area contributed by atoms with E-state index in [1.54, 1.807) is 12.1 Å². The van der Waals surface area contributed by atoms with Crippen LogP contribution in [0, 0.1) is 0 Å². The summed E-state index contributed by atoms with van der Waals surface area (Å²) in [6.07, 6.45) is 0. The first-order valence-electron chi connectivity index (χ1n) is 3.44. The molecule has 11 heavy (non-hydrogen) atoms. The zero-order valence-electron chi connectivity index (χ0n) is 6.15. The molecule has 0 unspecified atom stereocenters. The molecular formula is C7H8BNO2. The highest BCUT2D eigenvalue weighted by molar-refractivity contribution is 6.58. The molecule has 0 saturated carbocycles. The van der Waals surface area contributed by atoms with Crippen molar-refractivity contribution in [1.82, 2.24) is 0 Å². The summed E-state index contributed by atoms with van der Waals surface area (Å²) in [6.45, 7) is 0. The molecule has 1 aliphatic heterocycles. The first-order chi connectivity index (χ1) is 5.20. The van der Waals surface area contributed by atoms with E-state index in [1.807, 2.05) is 18.0 Å². The fourth-order valence-corrected chi connectivity index (χ4v) is 1.19. The van der Waals surface area contributed by atoms with Crippen molar-refractivity contribution in [2.24, 2.45) is 0 Å². The van der Waals surface area contributed by atoms with Crippen molar-refractivity contribution < 1.29 is 10.0 Å². The van der Waals surface area contributed by atoms with Crippen molar-refractivity contribution >= 4 is 24.0 Å². The molecule has 1 aliphatic rings. The molecule has 0 aromatic heterocycles. The Bertz CT molecular complexity index is 300. The highest BCUT2D eigenvalue weighted by Crippen LogP contribution is 2.44. The molecule has 0 fully saturated rings. The molecule has 4 heteroatoms. The first kappa shape index (κ1) is 6.70. The van der Waals surface area contributed by atoms with Gasteiger partial charge in [0.1, 0.15) is 0 Å². The average Bonchev–Trinajstić information content (AvgIpc) is 2.62. The Hall–Kier alpha value is -0.995. The van der Waals surface area contributed by atoms with E-state index < -0.39 is 7.12 Å². The molecule has 3 nitrogen and oxygen atoms in total. The fraction of sp³-hybridized carbons (Fsp3) is 0.143. The topological polar surface area (TPSA) is 43.5 Å². The Morgan fingerprint density at radius 2 is 2.00 bits per heavy atom. The number of fused-ring (bicyclic) bond motifs is 1. The van der Waals surface area contributed by atoms with Crippen LogP contribution in [0.1, 0.15) is 0 Å². The average molecular weight is 149 g/mol. The van der Waals surface area contributed by atoms with Crippen LogP contribution in [0.2, 0.25) is 0 Å². The van der Waals surface area contributed by atoms with E-state index in [1.165, 1.54) is 0 Å². The lowest BCUT2D eigenvalue weighted by atomic mass is 9.81. The third-order valence-corrected chi connectivity index (χ3v) is 1.97. The number of hydrogen-bond donors (Lipinski definition) is 2. The summed E-state index contributed by atoms with van der Waals surface area (Å²) in [4.78, 5) is 1.99. The Morgan fingerprint density at radius 1 is 1.27 bits per heavy atom. The predicted octanol–water partition coefficient (Wildman–Crippen LogP) is -0.552. The fourth-order valence-electron chi connectivity index (χ4n) is 1.19. The molecule has 1 heterocycles. The molecular weight excluding hydrogens is 141 g/mol. The van der Waals surface area contributed by atoms with E-state index in [0.717, 1.165) is 11.4 Å². The van der Waals surface area contributed by atoms with E-state index in [9.17, 15) is 0 Å².